The van der Waals surface area contributed by atoms with E-state index < -0.39 is 11.7 Å². The normalized spacial score (nSPS) is 11.3. The lowest BCUT2D eigenvalue weighted by Gasteiger charge is -2.14. The third-order valence-electron chi connectivity index (χ3n) is 9.00. The molecule has 0 fully saturated rings. The van der Waals surface area contributed by atoms with Gasteiger partial charge in [-0.3, -0.25) is 0 Å². The van der Waals surface area contributed by atoms with E-state index >= 15 is 0 Å². The van der Waals surface area contributed by atoms with Gasteiger partial charge in [-0.05, 0) is 74.5 Å². The lowest BCUT2D eigenvalue weighted by molar-refractivity contribution is -0.137. The minimum Gasteiger partial charge on any atom is -0.208 e. The number of rotatable bonds is 6. The first-order valence-corrected chi connectivity index (χ1v) is 16.6. The van der Waals surface area contributed by atoms with Gasteiger partial charge in [0, 0.05) is 16.7 Å². The summed E-state index contributed by atoms with van der Waals surface area (Å²) in [5, 5.41) is 11.9. The topological polar surface area (TPSA) is 62.5 Å². The zero-order valence-electron chi connectivity index (χ0n) is 27.5. The van der Waals surface area contributed by atoms with Crippen LogP contribution in [0.25, 0.3) is 78.3 Å². The van der Waals surface area contributed by atoms with Crippen LogP contribution in [0.1, 0.15) is 11.1 Å². The Morgan fingerprint density at radius 1 is 0.404 bits per heavy atom. The number of benzene rings is 7. The Morgan fingerprint density at radius 3 is 1.33 bits per heavy atom. The van der Waals surface area contributed by atoms with Crippen molar-refractivity contribution < 1.29 is 13.2 Å². The first-order valence-electron chi connectivity index (χ1n) is 16.6. The fraction of sp³-hybridized carbons (Fsp3) is 0.0222. The molecule has 4 nitrogen and oxygen atoms in total. The molecule has 0 aliphatic carbocycles. The molecule has 0 aliphatic rings. The van der Waals surface area contributed by atoms with E-state index in [9.17, 15) is 18.4 Å². The standard InChI is InChI=1S/C45H27F3N4/c46-45(47,48)37-21-19-30(20-22-37)35-25-29(28-49)26-36(27-35)39-24-23-38(40-13-7-8-14-41(39)40)31-15-17-34(18-16-31)44-51-42(32-9-3-1-4-10-32)50-43(52-44)33-11-5-2-6-12-33/h1-27H. The number of halogens is 3. The predicted molar refractivity (Wildman–Crippen MR) is 200 cm³/mol. The molecule has 0 amide bonds. The van der Waals surface area contributed by atoms with Gasteiger partial charge in [-0.2, -0.15) is 18.4 Å². The zero-order chi connectivity index (χ0) is 35.7. The maximum Gasteiger partial charge on any atom is 0.416 e. The minimum absolute atomic E-state index is 0.417. The van der Waals surface area contributed by atoms with Crippen LogP contribution >= 0.6 is 0 Å². The number of nitriles is 1. The molecular formula is C45H27F3N4. The molecule has 0 saturated carbocycles. The quantitative estimate of drug-likeness (QED) is 0.175. The Balaban J connectivity index is 1.17. The van der Waals surface area contributed by atoms with Gasteiger partial charge < -0.3 is 0 Å². The van der Waals surface area contributed by atoms with Gasteiger partial charge in [0.15, 0.2) is 17.5 Å². The number of fused-ring (bicyclic) bond motifs is 1. The van der Waals surface area contributed by atoms with Gasteiger partial charge >= 0.3 is 6.18 Å². The Kier molecular flexibility index (Phi) is 8.34. The van der Waals surface area contributed by atoms with Crippen LogP contribution in [0.4, 0.5) is 13.2 Å². The maximum absolute atomic E-state index is 13.2. The summed E-state index contributed by atoms with van der Waals surface area (Å²) in [5.41, 5.74) is 7.35. The van der Waals surface area contributed by atoms with Crippen molar-refractivity contribution in [1.82, 2.24) is 15.0 Å². The zero-order valence-corrected chi connectivity index (χ0v) is 27.5. The molecule has 7 heteroatoms. The lowest BCUT2D eigenvalue weighted by Crippen LogP contribution is -2.04. The molecule has 52 heavy (non-hydrogen) atoms. The van der Waals surface area contributed by atoms with E-state index in [4.69, 9.17) is 15.0 Å². The van der Waals surface area contributed by atoms with Gasteiger partial charge in [-0.15, -0.1) is 0 Å². The molecule has 0 radical (unpaired) electrons. The smallest absolute Gasteiger partial charge is 0.208 e. The summed E-state index contributed by atoms with van der Waals surface area (Å²) in [5.74, 6) is 1.76. The van der Waals surface area contributed by atoms with Crippen LogP contribution in [-0.2, 0) is 6.18 Å². The van der Waals surface area contributed by atoms with Gasteiger partial charge in [0.2, 0.25) is 0 Å². The lowest BCUT2D eigenvalue weighted by atomic mass is 9.90. The van der Waals surface area contributed by atoms with Gasteiger partial charge in [-0.1, -0.05) is 133 Å². The highest BCUT2D eigenvalue weighted by molar-refractivity contribution is 6.05. The van der Waals surface area contributed by atoms with Crippen molar-refractivity contribution in [1.29, 1.82) is 5.26 Å². The number of aromatic nitrogens is 3. The summed E-state index contributed by atoms with van der Waals surface area (Å²) in [6, 6.07) is 52.7. The van der Waals surface area contributed by atoms with Crippen LogP contribution in [0, 0.1) is 11.3 Å². The molecule has 0 spiro atoms. The molecule has 1 heterocycles. The van der Waals surface area contributed by atoms with E-state index in [2.05, 4.69) is 30.3 Å². The van der Waals surface area contributed by atoms with Gasteiger partial charge in [0.25, 0.3) is 0 Å². The van der Waals surface area contributed by atoms with Crippen molar-refractivity contribution in [3.8, 4) is 73.6 Å². The van der Waals surface area contributed by atoms with Gasteiger partial charge in [0.05, 0.1) is 17.2 Å². The van der Waals surface area contributed by atoms with Crippen LogP contribution in [0.5, 0.6) is 0 Å². The first-order chi connectivity index (χ1) is 25.3. The SMILES string of the molecule is N#Cc1cc(-c2ccc(C(F)(F)F)cc2)cc(-c2ccc(-c3ccc(-c4nc(-c5ccccc5)nc(-c5ccccc5)n4)cc3)c3ccccc23)c1. The molecule has 8 rings (SSSR count). The highest BCUT2D eigenvalue weighted by Crippen LogP contribution is 2.39. The van der Waals surface area contributed by atoms with Gasteiger partial charge in [-0.25, -0.2) is 15.0 Å². The largest absolute Gasteiger partial charge is 0.416 e. The summed E-state index contributed by atoms with van der Waals surface area (Å²) in [6.07, 6.45) is -4.43. The van der Waals surface area contributed by atoms with Crippen molar-refractivity contribution in [3.05, 3.63) is 175 Å². The summed E-state index contributed by atoms with van der Waals surface area (Å²) < 4.78 is 39.7. The fourth-order valence-electron chi connectivity index (χ4n) is 6.41. The van der Waals surface area contributed by atoms with E-state index in [1.54, 1.807) is 6.07 Å². The number of alkyl halides is 3. The molecular weight excluding hydrogens is 654 g/mol. The second-order valence-corrected chi connectivity index (χ2v) is 12.3. The Morgan fingerprint density at radius 2 is 0.827 bits per heavy atom. The van der Waals surface area contributed by atoms with Crippen molar-refractivity contribution >= 4 is 10.8 Å². The Bertz CT molecular complexity index is 2540. The molecule has 248 valence electrons. The molecule has 8 aromatic rings. The van der Waals surface area contributed by atoms with E-state index in [0.717, 1.165) is 61.8 Å². The van der Waals surface area contributed by atoms with Crippen LogP contribution in [-0.4, -0.2) is 15.0 Å². The maximum atomic E-state index is 13.2. The van der Waals surface area contributed by atoms with Crippen molar-refractivity contribution in [2.24, 2.45) is 0 Å². The Labute approximate surface area is 298 Å². The van der Waals surface area contributed by atoms with E-state index in [-0.39, 0.29) is 0 Å². The summed E-state index contributed by atoms with van der Waals surface area (Å²) in [4.78, 5) is 14.5. The average Bonchev–Trinajstić information content (AvgIpc) is 3.20. The van der Waals surface area contributed by atoms with Crippen molar-refractivity contribution in [3.63, 3.8) is 0 Å². The third-order valence-corrected chi connectivity index (χ3v) is 9.00. The number of hydrogen-bond acceptors (Lipinski definition) is 4. The molecule has 7 aromatic carbocycles. The van der Waals surface area contributed by atoms with E-state index in [0.29, 0.717) is 34.2 Å². The molecule has 0 saturated heterocycles. The van der Waals surface area contributed by atoms with Crippen LogP contribution in [0.2, 0.25) is 0 Å². The average molecular weight is 681 g/mol. The van der Waals surface area contributed by atoms with Gasteiger partial charge in [0.1, 0.15) is 0 Å². The van der Waals surface area contributed by atoms with E-state index in [1.165, 1.54) is 12.1 Å². The van der Waals surface area contributed by atoms with Crippen molar-refractivity contribution in [2.45, 2.75) is 6.18 Å². The van der Waals surface area contributed by atoms with Crippen LogP contribution < -0.4 is 0 Å². The highest BCUT2D eigenvalue weighted by atomic mass is 19.4. The van der Waals surface area contributed by atoms with E-state index in [1.807, 2.05) is 109 Å². The summed E-state index contributed by atoms with van der Waals surface area (Å²) >= 11 is 0. The second kappa shape index (κ2) is 13.4. The molecule has 0 atom stereocenters. The second-order valence-electron chi connectivity index (χ2n) is 12.3. The predicted octanol–water partition coefficient (Wildman–Crippen LogP) is 11.9. The molecule has 1 aromatic heterocycles. The van der Waals surface area contributed by atoms with Crippen LogP contribution in [0.3, 0.4) is 0 Å². The molecule has 0 unspecified atom stereocenters. The molecule has 0 N–H and O–H groups in total. The van der Waals surface area contributed by atoms with Crippen LogP contribution in [0.15, 0.2) is 164 Å². The third kappa shape index (κ3) is 6.41. The van der Waals surface area contributed by atoms with Crippen molar-refractivity contribution in [2.75, 3.05) is 0 Å². The Hall–Kier alpha value is -6.91. The summed E-state index contributed by atoms with van der Waals surface area (Å²) in [7, 11) is 0. The highest BCUT2D eigenvalue weighted by Gasteiger charge is 2.30. The fourth-order valence-corrected chi connectivity index (χ4v) is 6.41. The molecule has 0 bridgehead atoms. The minimum atomic E-state index is -4.43. The monoisotopic (exact) mass is 680 g/mol. The first kappa shape index (κ1) is 32.3. The molecule has 0 aliphatic heterocycles. The number of nitrogens with zero attached hydrogens (tertiary/aromatic N) is 4. The summed E-state index contributed by atoms with van der Waals surface area (Å²) in [6.45, 7) is 0. The number of hydrogen-bond donors (Lipinski definition) is 0.